The van der Waals surface area contributed by atoms with Gasteiger partial charge < -0.3 is 0 Å². The van der Waals surface area contributed by atoms with Crippen LogP contribution in [-0.2, 0) is 4.79 Å². The summed E-state index contributed by atoms with van der Waals surface area (Å²) in [4.78, 5) is 9.79. The Bertz CT molecular complexity index is 99.4. The van der Waals surface area contributed by atoms with Crippen LogP contribution < -0.4 is 0 Å². The van der Waals surface area contributed by atoms with Gasteiger partial charge in [0.05, 0.1) is 0 Å². The van der Waals surface area contributed by atoms with Crippen LogP contribution in [-0.4, -0.2) is 12.0 Å². The molecule has 0 fully saturated rings. The highest BCUT2D eigenvalue weighted by Crippen LogP contribution is 2.06. The molecule has 10 heavy (non-hydrogen) atoms. The predicted octanol–water partition coefficient (Wildman–Crippen LogP) is 2.62. The third kappa shape index (κ3) is 7.76. The molecule has 0 heterocycles. The quantitative estimate of drug-likeness (QED) is 0.336. The van der Waals surface area contributed by atoms with Gasteiger partial charge in [0.2, 0.25) is 0 Å². The van der Waals surface area contributed by atoms with E-state index in [-0.39, 0.29) is 0 Å². The van der Waals surface area contributed by atoms with Crippen molar-refractivity contribution in [2.75, 3.05) is 5.75 Å². The lowest BCUT2D eigenvalue weighted by Crippen LogP contribution is -1.75. The first kappa shape index (κ1) is 9.76. The lowest BCUT2D eigenvalue weighted by atomic mass is 10.3. The Morgan fingerprint density at radius 2 is 2.20 bits per heavy atom. The molecule has 0 unspecified atom stereocenters. The number of hydrogen-bond donors (Lipinski definition) is 0. The molecule has 0 N–H and O–H groups in total. The Balaban J connectivity index is 2.90. The standard InChI is InChI=1S/C8H14OS/c1-2-3-4-7-10-8-5-6-9/h5-6,8H,2-4,7H2,1H3. The number of hydrogen-bond acceptors (Lipinski definition) is 2. The fraction of sp³-hybridized carbons (Fsp3) is 0.625. The summed E-state index contributed by atoms with van der Waals surface area (Å²) >= 11 is 1.71. The maximum absolute atomic E-state index is 9.79. The number of carbonyl (C=O) groups is 1. The molecule has 0 bridgehead atoms. The summed E-state index contributed by atoms with van der Waals surface area (Å²) in [7, 11) is 0. The normalized spacial score (nSPS) is 10.5. The van der Waals surface area contributed by atoms with Crippen molar-refractivity contribution in [2.45, 2.75) is 26.2 Å². The van der Waals surface area contributed by atoms with E-state index in [0.717, 1.165) is 12.0 Å². The molecule has 0 amide bonds. The van der Waals surface area contributed by atoms with Crippen molar-refractivity contribution in [3.05, 3.63) is 11.5 Å². The second-order valence-corrected chi connectivity index (χ2v) is 3.06. The number of unbranched alkanes of at least 4 members (excludes halogenated alkanes) is 2. The summed E-state index contributed by atoms with van der Waals surface area (Å²) in [6.45, 7) is 2.19. The van der Waals surface area contributed by atoms with Gasteiger partial charge in [0.25, 0.3) is 0 Å². The highest BCUT2D eigenvalue weighted by molar-refractivity contribution is 8.02. The second kappa shape index (κ2) is 8.76. The maximum Gasteiger partial charge on any atom is 0.143 e. The van der Waals surface area contributed by atoms with Crippen molar-refractivity contribution in [3.63, 3.8) is 0 Å². The number of carbonyl (C=O) groups excluding carboxylic acids is 1. The Kier molecular flexibility index (Phi) is 8.55. The third-order valence-corrected chi connectivity index (χ3v) is 1.99. The molecule has 0 aromatic heterocycles. The molecule has 0 saturated carbocycles. The molecule has 0 aromatic rings. The molecule has 0 radical (unpaired) electrons. The minimum absolute atomic E-state index is 0.812. The molecule has 0 aliphatic carbocycles. The summed E-state index contributed by atoms with van der Waals surface area (Å²) in [5, 5.41) is 1.85. The molecule has 0 spiro atoms. The second-order valence-electron chi connectivity index (χ2n) is 2.04. The molecule has 1 nitrogen and oxygen atoms in total. The topological polar surface area (TPSA) is 17.1 Å². The van der Waals surface area contributed by atoms with Gasteiger partial charge >= 0.3 is 0 Å². The SMILES string of the molecule is CCCCCSC=CC=O. The van der Waals surface area contributed by atoms with Crippen LogP contribution >= 0.6 is 11.8 Å². The van der Waals surface area contributed by atoms with E-state index in [2.05, 4.69) is 6.92 Å². The fourth-order valence-corrected chi connectivity index (χ4v) is 1.27. The van der Waals surface area contributed by atoms with Gasteiger partial charge in [0.1, 0.15) is 6.29 Å². The van der Waals surface area contributed by atoms with Crippen LogP contribution in [0.15, 0.2) is 11.5 Å². The zero-order chi connectivity index (χ0) is 7.66. The van der Waals surface area contributed by atoms with E-state index in [1.807, 2.05) is 5.41 Å². The van der Waals surface area contributed by atoms with Crippen LogP contribution in [0.1, 0.15) is 26.2 Å². The van der Waals surface area contributed by atoms with Crippen LogP contribution in [0.3, 0.4) is 0 Å². The Morgan fingerprint density at radius 3 is 2.80 bits per heavy atom. The van der Waals surface area contributed by atoms with E-state index in [1.165, 1.54) is 25.3 Å². The third-order valence-electron chi connectivity index (χ3n) is 1.12. The van der Waals surface area contributed by atoms with Crippen molar-refractivity contribution in [3.8, 4) is 0 Å². The van der Waals surface area contributed by atoms with Gasteiger partial charge in [0, 0.05) is 0 Å². The van der Waals surface area contributed by atoms with Gasteiger partial charge in [-0.1, -0.05) is 19.8 Å². The minimum atomic E-state index is 0.812. The molecule has 0 aliphatic rings. The van der Waals surface area contributed by atoms with Crippen LogP contribution in [0.5, 0.6) is 0 Å². The first-order valence-corrected chi connectivity index (χ1v) is 4.68. The van der Waals surface area contributed by atoms with E-state index in [4.69, 9.17) is 0 Å². The highest BCUT2D eigenvalue weighted by atomic mass is 32.2. The van der Waals surface area contributed by atoms with Gasteiger partial charge in [-0.2, -0.15) is 0 Å². The molecule has 58 valence electrons. The summed E-state index contributed by atoms with van der Waals surface area (Å²) in [5.41, 5.74) is 0. The Morgan fingerprint density at radius 1 is 1.40 bits per heavy atom. The van der Waals surface area contributed by atoms with Crippen LogP contribution in [0, 0.1) is 0 Å². The molecular formula is C8H14OS. The fourth-order valence-electron chi connectivity index (χ4n) is 0.591. The van der Waals surface area contributed by atoms with Crippen LogP contribution in [0.25, 0.3) is 0 Å². The minimum Gasteiger partial charge on any atom is -0.299 e. The molecular weight excluding hydrogens is 144 g/mol. The number of allylic oxidation sites excluding steroid dienone is 1. The molecule has 0 aromatic carbocycles. The van der Waals surface area contributed by atoms with Gasteiger partial charge in [-0.15, -0.1) is 11.8 Å². The Labute approximate surface area is 66.9 Å². The average Bonchev–Trinajstić information content (AvgIpc) is 1.97. The van der Waals surface area contributed by atoms with Crippen molar-refractivity contribution in [1.82, 2.24) is 0 Å². The average molecular weight is 158 g/mol. The lowest BCUT2D eigenvalue weighted by Gasteiger charge is -1.92. The van der Waals surface area contributed by atoms with Crippen molar-refractivity contribution < 1.29 is 4.79 Å². The molecule has 0 rings (SSSR count). The molecule has 0 saturated heterocycles. The summed E-state index contributed by atoms with van der Waals surface area (Å²) in [5.74, 6) is 1.14. The van der Waals surface area contributed by atoms with Crippen molar-refractivity contribution in [1.29, 1.82) is 0 Å². The number of rotatable bonds is 6. The zero-order valence-corrected chi connectivity index (χ0v) is 7.19. The number of aldehydes is 1. The van der Waals surface area contributed by atoms with Gasteiger partial charge in [-0.25, -0.2) is 0 Å². The number of thioether (sulfide) groups is 1. The Hall–Kier alpha value is -0.240. The summed E-state index contributed by atoms with van der Waals surface area (Å²) < 4.78 is 0. The van der Waals surface area contributed by atoms with Crippen LogP contribution in [0.4, 0.5) is 0 Å². The largest absolute Gasteiger partial charge is 0.299 e. The van der Waals surface area contributed by atoms with Crippen molar-refractivity contribution >= 4 is 18.0 Å². The predicted molar refractivity (Wildman–Crippen MR) is 47.2 cm³/mol. The summed E-state index contributed by atoms with van der Waals surface area (Å²) in [6.07, 6.45) is 6.16. The van der Waals surface area contributed by atoms with E-state index in [1.54, 1.807) is 11.8 Å². The van der Waals surface area contributed by atoms with E-state index in [0.29, 0.717) is 0 Å². The van der Waals surface area contributed by atoms with E-state index < -0.39 is 0 Å². The van der Waals surface area contributed by atoms with Crippen LogP contribution in [0.2, 0.25) is 0 Å². The lowest BCUT2D eigenvalue weighted by molar-refractivity contribution is -0.104. The maximum atomic E-state index is 9.79. The van der Waals surface area contributed by atoms with Crippen molar-refractivity contribution in [2.24, 2.45) is 0 Å². The molecule has 2 heteroatoms. The highest BCUT2D eigenvalue weighted by Gasteiger charge is 1.83. The van der Waals surface area contributed by atoms with E-state index in [9.17, 15) is 4.79 Å². The first-order valence-electron chi connectivity index (χ1n) is 3.63. The van der Waals surface area contributed by atoms with Gasteiger partial charge in [-0.3, -0.25) is 4.79 Å². The molecule has 0 aliphatic heterocycles. The summed E-state index contributed by atoms with van der Waals surface area (Å²) in [6, 6.07) is 0. The molecule has 0 atom stereocenters. The van der Waals surface area contributed by atoms with Gasteiger partial charge in [0.15, 0.2) is 0 Å². The first-order chi connectivity index (χ1) is 4.91. The van der Waals surface area contributed by atoms with E-state index >= 15 is 0 Å². The smallest absolute Gasteiger partial charge is 0.143 e. The monoisotopic (exact) mass is 158 g/mol. The van der Waals surface area contributed by atoms with Gasteiger partial charge in [-0.05, 0) is 23.7 Å². The zero-order valence-electron chi connectivity index (χ0n) is 6.38.